The van der Waals surface area contributed by atoms with E-state index >= 15 is 0 Å². The van der Waals surface area contributed by atoms with Crippen molar-refractivity contribution in [3.8, 4) is 11.4 Å². The number of hydrogen-bond acceptors (Lipinski definition) is 9. The first-order valence-corrected chi connectivity index (χ1v) is 14.3. The van der Waals surface area contributed by atoms with Crippen LogP contribution in [0, 0.1) is 6.92 Å². The van der Waals surface area contributed by atoms with E-state index in [1.54, 1.807) is 24.3 Å². The molecule has 0 spiro atoms. The Kier molecular flexibility index (Phi) is 10.3. The van der Waals surface area contributed by atoms with Crippen molar-refractivity contribution >= 4 is 39.2 Å². The lowest BCUT2D eigenvalue weighted by molar-refractivity contribution is -0.191. The highest BCUT2D eigenvalue weighted by Gasteiger charge is 2.19. The van der Waals surface area contributed by atoms with Gasteiger partial charge in [-0.2, -0.15) is 9.59 Å². The van der Waals surface area contributed by atoms with Gasteiger partial charge < -0.3 is 20.3 Å². The Morgan fingerprint density at radius 3 is 2.03 bits per heavy atom. The highest BCUT2D eigenvalue weighted by molar-refractivity contribution is 7.89. The van der Waals surface area contributed by atoms with E-state index in [2.05, 4.69) is 29.4 Å². The normalized spacial score (nSPS) is 13.1. The van der Waals surface area contributed by atoms with Crippen LogP contribution >= 0.6 is 0 Å². The number of carbonyl (C=O) groups excluding carboxylic acids is 3. The molecule has 0 unspecified atom stereocenters. The van der Waals surface area contributed by atoms with Gasteiger partial charge >= 0.3 is 12.2 Å². The fourth-order valence-corrected chi connectivity index (χ4v) is 4.89. The van der Waals surface area contributed by atoms with Gasteiger partial charge in [-0.05, 0) is 55.3 Å². The van der Waals surface area contributed by atoms with E-state index in [1.807, 2.05) is 24.3 Å². The number of urea groups is 1. The van der Waals surface area contributed by atoms with Crippen molar-refractivity contribution in [2.75, 3.05) is 48.1 Å². The summed E-state index contributed by atoms with van der Waals surface area (Å²) < 4.78 is 28.3. The van der Waals surface area contributed by atoms with Gasteiger partial charge in [0.1, 0.15) is 5.82 Å². The zero-order valence-electron chi connectivity index (χ0n) is 22.1. The number of hydrogen-bond donors (Lipinski definition) is 2. The molecular formula is C27H31N5O6S. The summed E-state index contributed by atoms with van der Waals surface area (Å²) in [5.41, 5.74) is 4.85. The van der Waals surface area contributed by atoms with Crippen molar-refractivity contribution in [3.63, 3.8) is 0 Å². The summed E-state index contributed by atoms with van der Waals surface area (Å²) in [7, 11) is -3.11. The molecule has 2 aromatic carbocycles. The summed E-state index contributed by atoms with van der Waals surface area (Å²) in [4.78, 5) is 40.6. The summed E-state index contributed by atoms with van der Waals surface area (Å²) in [6.07, 6.45) is 2.25. The fraction of sp³-hybridized carbons (Fsp3) is 0.333. The molecule has 206 valence electrons. The Labute approximate surface area is 227 Å². The third-order valence-corrected chi connectivity index (χ3v) is 6.77. The molecular weight excluding hydrogens is 522 g/mol. The van der Waals surface area contributed by atoms with Gasteiger partial charge in [0.25, 0.3) is 0 Å². The SMILES string of the molecule is CCc1nc(-c2ccc(NC(=O)Nc3ccc(CS(C)(=O)=O)cc3)cc2)nc(N2CCOCC2)c1C.O=C=O. The molecule has 1 aliphatic rings. The molecule has 0 saturated carbocycles. The number of ether oxygens (including phenoxy) is 1. The Balaban J connectivity index is 0.00000134. The molecule has 3 aromatic rings. The molecule has 11 nitrogen and oxygen atoms in total. The molecule has 4 rings (SSSR count). The number of carbonyl (C=O) groups is 1. The summed E-state index contributed by atoms with van der Waals surface area (Å²) >= 11 is 0. The number of nitrogens with one attached hydrogen (secondary N) is 2. The van der Waals surface area contributed by atoms with Crippen LogP contribution in [0.15, 0.2) is 48.5 Å². The fourth-order valence-electron chi connectivity index (χ4n) is 4.09. The molecule has 1 saturated heterocycles. The number of aromatic nitrogens is 2. The maximum atomic E-state index is 12.4. The lowest BCUT2D eigenvalue weighted by Crippen LogP contribution is -2.37. The third kappa shape index (κ3) is 8.71. The highest BCUT2D eigenvalue weighted by atomic mass is 32.2. The molecule has 0 bridgehead atoms. The first-order chi connectivity index (χ1) is 18.6. The zero-order chi connectivity index (χ0) is 28.4. The highest BCUT2D eigenvalue weighted by Crippen LogP contribution is 2.27. The number of amides is 2. The van der Waals surface area contributed by atoms with Gasteiger partial charge in [0, 0.05) is 47.5 Å². The number of aryl methyl sites for hydroxylation is 1. The number of sulfone groups is 1. The average Bonchev–Trinajstić information content (AvgIpc) is 2.90. The van der Waals surface area contributed by atoms with Crippen LogP contribution in [0.2, 0.25) is 0 Å². The summed E-state index contributed by atoms with van der Waals surface area (Å²) in [5.74, 6) is 1.57. The number of anilines is 3. The van der Waals surface area contributed by atoms with Gasteiger partial charge in [0.2, 0.25) is 0 Å². The lowest BCUT2D eigenvalue weighted by Gasteiger charge is -2.29. The Morgan fingerprint density at radius 2 is 1.51 bits per heavy atom. The summed E-state index contributed by atoms with van der Waals surface area (Å²) in [6, 6.07) is 13.7. The van der Waals surface area contributed by atoms with Crippen molar-refractivity contribution in [2.45, 2.75) is 26.0 Å². The number of nitrogens with zero attached hydrogens (tertiary/aromatic N) is 3. The van der Waals surface area contributed by atoms with E-state index < -0.39 is 15.9 Å². The molecule has 1 fully saturated rings. The van der Waals surface area contributed by atoms with Gasteiger partial charge in [-0.1, -0.05) is 19.1 Å². The van der Waals surface area contributed by atoms with Gasteiger partial charge in [0.05, 0.1) is 19.0 Å². The van der Waals surface area contributed by atoms with Crippen molar-refractivity contribution in [1.82, 2.24) is 9.97 Å². The van der Waals surface area contributed by atoms with E-state index in [0.29, 0.717) is 36.0 Å². The number of morpholine rings is 1. The molecule has 39 heavy (non-hydrogen) atoms. The Hall–Kier alpha value is -4.12. The van der Waals surface area contributed by atoms with Gasteiger partial charge in [-0.25, -0.2) is 23.2 Å². The molecule has 2 heterocycles. The van der Waals surface area contributed by atoms with Gasteiger partial charge in [0.15, 0.2) is 15.7 Å². The predicted molar refractivity (Wildman–Crippen MR) is 147 cm³/mol. The predicted octanol–water partition coefficient (Wildman–Crippen LogP) is 3.46. The third-order valence-electron chi connectivity index (χ3n) is 5.91. The zero-order valence-corrected chi connectivity index (χ0v) is 22.9. The molecule has 0 atom stereocenters. The molecule has 1 aromatic heterocycles. The van der Waals surface area contributed by atoms with Crippen molar-refractivity contribution < 1.29 is 27.5 Å². The van der Waals surface area contributed by atoms with E-state index in [9.17, 15) is 13.2 Å². The van der Waals surface area contributed by atoms with Gasteiger partial charge in [-0.3, -0.25) is 0 Å². The second-order valence-electron chi connectivity index (χ2n) is 8.90. The van der Waals surface area contributed by atoms with Crippen LogP contribution in [0.3, 0.4) is 0 Å². The lowest BCUT2D eigenvalue weighted by atomic mass is 10.1. The van der Waals surface area contributed by atoms with E-state index in [1.165, 1.54) is 6.26 Å². The van der Waals surface area contributed by atoms with Gasteiger partial charge in [-0.15, -0.1) is 0 Å². The van der Waals surface area contributed by atoms with Crippen molar-refractivity contribution in [1.29, 1.82) is 0 Å². The van der Waals surface area contributed by atoms with Crippen LogP contribution in [-0.2, 0) is 36.3 Å². The van der Waals surface area contributed by atoms with Crippen LogP contribution in [0.25, 0.3) is 11.4 Å². The maximum absolute atomic E-state index is 12.4. The minimum absolute atomic E-state index is 0.0375. The van der Waals surface area contributed by atoms with E-state index in [0.717, 1.165) is 42.1 Å². The van der Waals surface area contributed by atoms with Crippen LogP contribution in [0.1, 0.15) is 23.7 Å². The average molecular weight is 554 g/mol. The second kappa shape index (κ2) is 13.6. The molecule has 2 N–H and O–H groups in total. The van der Waals surface area contributed by atoms with E-state index in [-0.39, 0.29) is 11.9 Å². The van der Waals surface area contributed by atoms with Crippen LogP contribution in [-0.4, -0.2) is 63.1 Å². The first kappa shape index (κ1) is 29.4. The Morgan fingerprint density at radius 1 is 0.974 bits per heavy atom. The molecule has 12 heteroatoms. The van der Waals surface area contributed by atoms with Crippen LogP contribution < -0.4 is 15.5 Å². The van der Waals surface area contributed by atoms with Crippen LogP contribution in [0.5, 0.6) is 0 Å². The van der Waals surface area contributed by atoms with Crippen molar-refractivity contribution in [3.05, 3.63) is 65.4 Å². The van der Waals surface area contributed by atoms with Crippen molar-refractivity contribution in [2.24, 2.45) is 0 Å². The topological polar surface area (TPSA) is 148 Å². The standard InChI is InChI=1S/C26H31N5O4S.CO2/c1-4-23-18(2)25(31-13-15-35-16-14-31)30-24(29-23)20-7-11-22(12-8-20)28-26(32)27-21-9-5-19(6-10-21)17-36(3,33)34;2-1-3/h5-12H,4,13-17H2,1-3H3,(H2,27,28,32);. The smallest absolute Gasteiger partial charge is 0.373 e. The van der Waals surface area contributed by atoms with E-state index in [4.69, 9.17) is 24.3 Å². The minimum atomic E-state index is -3.11. The first-order valence-electron chi connectivity index (χ1n) is 12.3. The number of benzene rings is 2. The quantitative estimate of drug-likeness (QED) is 0.449. The molecule has 2 amide bonds. The number of rotatable bonds is 7. The maximum Gasteiger partial charge on any atom is 0.373 e. The second-order valence-corrected chi connectivity index (χ2v) is 11.0. The monoisotopic (exact) mass is 553 g/mol. The summed E-state index contributed by atoms with van der Waals surface area (Å²) in [5, 5.41) is 5.56. The Bertz CT molecular complexity index is 1410. The molecule has 0 radical (unpaired) electrons. The molecule has 1 aliphatic heterocycles. The molecule has 0 aliphatic carbocycles. The largest absolute Gasteiger partial charge is 0.378 e. The summed E-state index contributed by atoms with van der Waals surface area (Å²) in [6.45, 7) is 7.14. The minimum Gasteiger partial charge on any atom is -0.378 e. The van der Waals surface area contributed by atoms with Crippen LogP contribution in [0.4, 0.5) is 22.0 Å².